The molecule has 1 aromatic rings. The molecule has 0 spiro atoms. The summed E-state index contributed by atoms with van der Waals surface area (Å²) in [5.74, 6) is 0.387. The summed E-state index contributed by atoms with van der Waals surface area (Å²) in [5.41, 5.74) is 0.816. The number of hydrogen-bond acceptors (Lipinski definition) is 4. The zero-order valence-corrected chi connectivity index (χ0v) is 13.7. The largest absolute Gasteiger partial charge is 0.389 e. The Morgan fingerprint density at radius 1 is 1.00 bits per heavy atom. The van der Waals surface area contributed by atoms with E-state index < -0.39 is 5.60 Å². The maximum Gasteiger partial charge on any atom is 0.0709 e. The van der Waals surface area contributed by atoms with Gasteiger partial charge in [0, 0.05) is 31.8 Å². The molecule has 4 heteroatoms. The summed E-state index contributed by atoms with van der Waals surface area (Å²) < 4.78 is 11.3. The Morgan fingerprint density at radius 2 is 1.65 bits per heavy atom. The summed E-state index contributed by atoms with van der Waals surface area (Å²) in [5, 5.41) is 11.3. The molecule has 1 aromatic carbocycles. The third-order valence-corrected chi connectivity index (χ3v) is 5.93. The summed E-state index contributed by atoms with van der Waals surface area (Å²) >= 11 is 0. The van der Waals surface area contributed by atoms with Crippen molar-refractivity contribution >= 4 is 0 Å². The number of morpholine rings is 1. The van der Waals surface area contributed by atoms with E-state index in [4.69, 9.17) is 9.47 Å². The van der Waals surface area contributed by atoms with Crippen molar-refractivity contribution in [3.05, 3.63) is 35.9 Å². The van der Waals surface area contributed by atoms with Crippen LogP contribution in [0.15, 0.2) is 30.3 Å². The van der Waals surface area contributed by atoms with Gasteiger partial charge < -0.3 is 14.6 Å². The maximum absolute atomic E-state index is 11.3. The number of aliphatic hydroxyl groups is 1. The number of hydrogen-bond donors (Lipinski definition) is 1. The van der Waals surface area contributed by atoms with Crippen molar-refractivity contribution in [2.24, 2.45) is 5.92 Å². The molecule has 2 bridgehead atoms. The van der Waals surface area contributed by atoms with Gasteiger partial charge in [-0.2, -0.15) is 0 Å². The third kappa shape index (κ3) is 3.18. The Morgan fingerprint density at radius 3 is 2.30 bits per heavy atom. The van der Waals surface area contributed by atoms with E-state index in [-0.39, 0.29) is 0 Å². The second-order valence-corrected chi connectivity index (χ2v) is 7.40. The molecule has 0 saturated carbocycles. The van der Waals surface area contributed by atoms with Crippen molar-refractivity contribution < 1.29 is 14.6 Å². The van der Waals surface area contributed by atoms with Crippen molar-refractivity contribution in [1.82, 2.24) is 4.90 Å². The molecule has 3 fully saturated rings. The standard InChI is InChI=1S/C19H27NO3/c21-19(16-6-8-22-9-7-16)10-17-13-23-14-18(11-19)20(17)12-15-4-2-1-3-5-15/h1-5,16-18,21H,6-14H2. The van der Waals surface area contributed by atoms with E-state index in [0.29, 0.717) is 18.0 Å². The second-order valence-electron chi connectivity index (χ2n) is 7.40. The molecule has 23 heavy (non-hydrogen) atoms. The number of nitrogens with zero attached hydrogens (tertiary/aromatic N) is 1. The molecule has 0 radical (unpaired) electrons. The lowest BCUT2D eigenvalue weighted by molar-refractivity contribution is -0.174. The Bertz CT molecular complexity index is 501. The average Bonchev–Trinajstić information content (AvgIpc) is 2.58. The predicted octanol–water partition coefficient (Wildman–Crippen LogP) is 2.21. The van der Waals surface area contributed by atoms with E-state index in [1.54, 1.807) is 0 Å². The minimum absolute atomic E-state index is 0.329. The minimum atomic E-state index is -0.532. The van der Waals surface area contributed by atoms with Crippen molar-refractivity contribution in [2.45, 2.75) is 49.9 Å². The van der Waals surface area contributed by atoms with Crippen molar-refractivity contribution in [2.75, 3.05) is 26.4 Å². The van der Waals surface area contributed by atoms with Crippen LogP contribution in [-0.2, 0) is 16.0 Å². The highest BCUT2D eigenvalue weighted by Gasteiger charge is 2.49. The lowest BCUT2D eigenvalue weighted by Gasteiger charge is -2.54. The van der Waals surface area contributed by atoms with Gasteiger partial charge in [-0.05, 0) is 37.2 Å². The number of piperidine rings is 1. The van der Waals surface area contributed by atoms with Crippen molar-refractivity contribution in [1.29, 1.82) is 0 Å². The molecular formula is C19H27NO3. The van der Waals surface area contributed by atoms with Crippen molar-refractivity contribution in [3.8, 4) is 0 Å². The fourth-order valence-corrected chi connectivity index (χ4v) is 4.70. The number of ether oxygens (including phenoxy) is 2. The van der Waals surface area contributed by atoms with E-state index >= 15 is 0 Å². The predicted molar refractivity (Wildman–Crippen MR) is 88.1 cm³/mol. The highest BCUT2D eigenvalue weighted by molar-refractivity contribution is 5.16. The summed E-state index contributed by atoms with van der Waals surface area (Å²) in [6.07, 6.45) is 3.66. The zero-order chi connectivity index (χ0) is 15.7. The van der Waals surface area contributed by atoms with Crippen LogP contribution >= 0.6 is 0 Å². The summed E-state index contributed by atoms with van der Waals surface area (Å²) in [7, 11) is 0. The molecule has 0 amide bonds. The summed E-state index contributed by atoms with van der Waals surface area (Å²) in [6.45, 7) is 4.05. The first kappa shape index (κ1) is 15.6. The first-order chi connectivity index (χ1) is 11.2. The van der Waals surface area contributed by atoms with Crippen LogP contribution in [0.5, 0.6) is 0 Å². The Labute approximate surface area is 138 Å². The van der Waals surface area contributed by atoms with Gasteiger partial charge in [0.05, 0.1) is 18.8 Å². The quantitative estimate of drug-likeness (QED) is 0.928. The van der Waals surface area contributed by atoms with Gasteiger partial charge in [-0.15, -0.1) is 0 Å². The van der Waals surface area contributed by atoms with Gasteiger partial charge in [-0.3, -0.25) is 4.90 Å². The fraction of sp³-hybridized carbons (Fsp3) is 0.684. The molecule has 0 aliphatic carbocycles. The van der Waals surface area contributed by atoms with Gasteiger partial charge in [-0.1, -0.05) is 30.3 Å². The van der Waals surface area contributed by atoms with E-state index in [1.807, 2.05) is 0 Å². The molecule has 4 rings (SSSR count). The number of rotatable bonds is 3. The molecule has 4 nitrogen and oxygen atoms in total. The van der Waals surface area contributed by atoms with Crippen LogP contribution in [-0.4, -0.2) is 54.1 Å². The SMILES string of the molecule is OC1(C2CCOCC2)CC2COCC(C1)N2Cc1ccccc1. The molecule has 3 heterocycles. The van der Waals surface area contributed by atoms with Gasteiger partial charge >= 0.3 is 0 Å². The second kappa shape index (κ2) is 6.52. The monoisotopic (exact) mass is 317 g/mol. The third-order valence-electron chi connectivity index (χ3n) is 5.93. The lowest BCUT2D eigenvalue weighted by Crippen LogP contribution is -2.63. The van der Waals surface area contributed by atoms with Gasteiger partial charge in [0.25, 0.3) is 0 Å². The molecular weight excluding hydrogens is 290 g/mol. The van der Waals surface area contributed by atoms with Crippen LogP contribution in [0.2, 0.25) is 0 Å². The molecule has 2 unspecified atom stereocenters. The number of fused-ring (bicyclic) bond motifs is 2. The van der Waals surface area contributed by atoms with E-state index in [1.165, 1.54) is 5.56 Å². The van der Waals surface area contributed by atoms with Crippen LogP contribution in [0.1, 0.15) is 31.2 Å². The van der Waals surface area contributed by atoms with Crippen LogP contribution < -0.4 is 0 Å². The Balaban J connectivity index is 1.50. The molecule has 1 N–H and O–H groups in total. The normalized spacial score (nSPS) is 36.0. The average molecular weight is 317 g/mol. The summed E-state index contributed by atoms with van der Waals surface area (Å²) in [6, 6.07) is 11.3. The topological polar surface area (TPSA) is 41.9 Å². The van der Waals surface area contributed by atoms with Gasteiger partial charge in [0.15, 0.2) is 0 Å². The van der Waals surface area contributed by atoms with Crippen LogP contribution in [0.3, 0.4) is 0 Å². The van der Waals surface area contributed by atoms with Crippen LogP contribution in [0, 0.1) is 5.92 Å². The van der Waals surface area contributed by atoms with Gasteiger partial charge in [0.2, 0.25) is 0 Å². The molecule has 126 valence electrons. The fourth-order valence-electron chi connectivity index (χ4n) is 4.70. The Kier molecular flexibility index (Phi) is 4.41. The smallest absolute Gasteiger partial charge is 0.0709 e. The lowest BCUT2D eigenvalue weighted by atomic mass is 9.70. The van der Waals surface area contributed by atoms with E-state index in [2.05, 4.69) is 35.2 Å². The first-order valence-corrected chi connectivity index (χ1v) is 8.92. The van der Waals surface area contributed by atoms with Crippen molar-refractivity contribution in [3.63, 3.8) is 0 Å². The van der Waals surface area contributed by atoms with Crippen LogP contribution in [0.25, 0.3) is 0 Å². The van der Waals surface area contributed by atoms with E-state index in [9.17, 15) is 5.11 Å². The minimum Gasteiger partial charge on any atom is -0.389 e. The molecule has 2 atom stereocenters. The molecule has 0 aromatic heterocycles. The summed E-state index contributed by atoms with van der Waals surface area (Å²) in [4.78, 5) is 2.56. The number of benzene rings is 1. The highest BCUT2D eigenvalue weighted by Crippen LogP contribution is 2.42. The maximum atomic E-state index is 11.3. The first-order valence-electron chi connectivity index (χ1n) is 8.92. The van der Waals surface area contributed by atoms with Gasteiger partial charge in [-0.25, -0.2) is 0 Å². The molecule has 3 saturated heterocycles. The van der Waals surface area contributed by atoms with E-state index in [0.717, 1.165) is 58.7 Å². The highest BCUT2D eigenvalue weighted by atomic mass is 16.5. The zero-order valence-electron chi connectivity index (χ0n) is 13.7. The molecule has 3 aliphatic heterocycles. The molecule has 3 aliphatic rings. The van der Waals surface area contributed by atoms with Gasteiger partial charge in [0.1, 0.15) is 0 Å². The Hall–Kier alpha value is -0.940. The van der Waals surface area contributed by atoms with Crippen LogP contribution in [0.4, 0.5) is 0 Å².